The molecule has 0 spiro atoms. The highest BCUT2D eigenvalue weighted by Gasteiger charge is 2.51. The Kier molecular flexibility index (Phi) is 12.0. The van der Waals surface area contributed by atoms with E-state index >= 15 is 0 Å². The lowest BCUT2D eigenvalue weighted by Crippen LogP contribution is -2.62. The molecule has 0 radical (unpaired) electrons. The summed E-state index contributed by atoms with van der Waals surface area (Å²) in [5.41, 5.74) is 33.5. The summed E-state index contributed by atoms with van der Waals surface area (Å²) in [4.78, 5) is 8.20. The van der Waals surface area contributed by atoms with Crippen LogP contribution in [-0.4, -0.2) is 6.71 Å². The van der Waals surface area contributed by atoms with Crippen molar-refractivity contribution in [1.29, 1.82) is 0 Å². The quantitative estimate of drug-likeness (QED) is 0.159. The van der Waals surface area contributed by atoms with Crippen molar-refractivity contribution in [2.24, 2.45) is 0 Å². The second-order valence-electron chi connectivity index (χ2n) is 32.7. The molecule has 0 unspecified atom stereocenters. The van der Waals surface area contributed by atoms with Crippen LogP contribution in [0.3, 0.4) is 0 Å². The average molecular weight is 1120 g/mol. The molecule has 4 aliphatic carbocycles. The monoisotopic (exact) mass is 1120 g/mol. The minimum atomic E-state index is -0.305. The second-order valence-corrected chi connectivity index (χ2v) is 32.7. The summed E-state index contributed by atoms with van der Waals surface area (Å²) in [6.07, 6.45) is 6.93. The molecule has 0 amide bonds. The van der Waals surface area contributed by atoms with Crippen molar-refractivity contribution in [3.05, 3.63) is 201 Å². The molecule has 2 aliphatic heterocycles. The normalized spacial score (nSPS) is 19.8. The molecule has 0 fully saturated rings. The number of benzene rings is 8. The number of hydrogen-bond acceptors (Lipinski definition) is 3. The molecule has 0 aromatic heterocycles. The van der Waals surface area contributed by atoms with E-state index < -0.39 is 0 Å². The van der Waals surface area contributed by atoms with Crippen LogP contribution < -0.4 is 31.1 Å². The molecule has 3 nitrogen and oxygen atoms in total. The number of nitrogens with zero attached hydrogens (tertiary/aromatic N) is 3. The van der Waals surface area contributed by atoms with Crippen molar-refractivity contribution in [2.45, 2.75) is 213 Å². The third-order valence-corrected chi connectivity index (χ3v) is 22.8. The SMILES string of the molecule is Cc1ccccc1N(c1cc2c3c(c1)N(c1ccc(C(C)(C)C)c4c1C(C)(C)c1ccccc1-4)c1cc4c(cc1B3c1cc3c(cc1N2c1ccc2c(c1)C(C)(C)CCC2(C)C)C(C)(C)CCC3(C)C)C(C)(C)CCC4(C)C)c1ccccc1C. The third kappa shape index (κ3) is 8.17. The average Bonchev–Trinajstić information content (AvgIpc) is 1.43. The molecule has 6 aliphatic rings. The van der Waals surface area contributed by atoms with E-state index in [0.717, 1.165) is 37.8 Å². The minimum Gasteiger partial charge on any atom is -0.311 e. The summed E-state index contributed by atoms with van der Waals surface area (Å²) in [7, 11) is 0. The van der Waals surface area contributed by atoms with Crippen LogP contribution in [0.15, 0.2) is 140 Å². The highest BCUT2D eigenvalue weighted by Crippen LogP contribution is 2.60. The summed E-state index contributed by atoms with van der Waals surface area (Å²) in [6.45, 7) is 46.9. The first-order valence-electron chi connectivity index (χ1n) is 32.3. The van der Waals surface area contributed by atoms with Gasteiger partial charge in [0.15, 0.2) is 0 Å². The predicted octanol–water partition coefficient (Wildman–Crippen LogP) is 20.5. The molecule has 14 rings (SSSR count). The van der Waals surface area contributed by atoms with E-state index in [9.17, 15) is 0 Å². The number of rotatable bonds is 5. The Morgan fingerprint density at radius 1 is 0.400 bits per heavy atom. The zero-order valence-electron chi connectivity index (χ0n) is 54.9. The maximum Gasteiger partial charge on any atom is 0.252 e. The standard InChI is InChI=1S/C81H92BN3/c1-49-26-20-24-30-64(49)84(65-31-25-21-27-50(65)2)52-43-69-73-70(44-52)85(66-35-34-56(74(3,4)5)71-53-28-22-23-29-54(53)81(18,19)72(66)71)68-48-61-59(78(12,13)39-41-80(61,16)17)46-63(68)82(73)62-45-58-60(79(14,15)40-38-77(58,10)11)47-67(62)83(69)51-32-33-55-57(42-51)76(8,9)37-36-75(55,6)7/h20-35,42-48H,36-41H2,1-19H3. The van der Waals surface area contributed by atoms with Crippen LogP contribution in [-0.2, 0) is 43.3 Å². The van der Waals surface area contributed by atoms with Crippen molar-refractivity contribution in [3.63, 3.8) is 0 Å². The van der Waals surface area contributed by atoms with Crippen LogP contribution in [0.25, 0.3) is 11.1 Å². The van der Waals surface area contributed by atoms with Gasteiger partial charge in [-0.1, -0.05) is 203 Å². The van der Waals surface area contributed by atoms with Crippen molar-refractivity contribution in [1.82, 2.24) is 0 Å². The Balaban J connectivity index is 1.20. The van der Waals surface area contributed by atoms with Crippen LogP contribution in [0.2, 0.25) is 0 Å². The lowest BCUT2D eigenvalue weighted by Gasteiger charge is -2.50. The van der Waals surface area contributed by atoms with Crippen molar-refractivity contribution >= 4 is 74.3 Å². The number of hydrogen-bond donors (Lipinski definition) is 0. The third-order valence-electron chi connectivity index (χ3n) is 22.8. The summed E-state index contributed by atoms with van der Waals surface area (Å²) in [6, 6.07) is 56.4. The zero-order valence-corrected chi connectivity index (χ0v) is 54.9. The van der Waals surface area contributed by atoms with Crippen molar-refractivity contribution in [3.8, 4) is 11.1 Å². The van der Waals surface area contributed by atoms with Gasteiger partial charge in [0.1, 0.15) is 0 Å². The van der Waals surface area contributed by atoms with Gasteiger partial charge in [0.25, 0.3) is 6.71 Å². The van der Waals surface area contributed by atoms with E-state index in [2.05, 4.69) is 286 Å². The smallest absolute Gasteiger partial charge is 0.252 e. The molecule has 434 valence electrons. The van der Waals surface area contributed by atoms with Gasteiger partial charge in [-0.3, -0.25) is 0 Å². The number of para-hydroxylation sites is 2. The van der Waals surface area contributed by atoms with Gasteiger partial charge < -0.3 is 14.7 Å². The molecule has 4 heteroatoms. The van der Waals surface area contributed by atoms with Gasteiger partial charge in [-0.05, 0) is 234 Å². The van der Waals surface area contributed by atoms with Gasteiger partial charge >= 0.3 is 0 Å². The first kappa shape index (κ1) is 56.1. The Bertz CT molecular complexity index is 4100. The van der Waals surface area contributed by atoms with Gasteiger partial charge in [-0.25, -0.2) is 0 Å². The topological polar surface area (TPSA) is 9.72 Å². The summed E-state index contributed by atoms with van der Waals surface area (Å²) < 4.78 is 0. The lowest BCUT2D eigenvalue weighted by molar-refractivity contribution is 0.332. The van der Waals surface area contributed by atoms with Crippen LogP contribution in [0, 0.1) is 13.8 Å². The van der Waals surface area contributed by atoms with Gasteiger partial charge in [0.2, 0.25) is 0 Å². The molecular weight excluding hydrogens is 1030 g/mol. The van der Waals surface area contributed by atoms with E-state index in [-0.39, 0.29) is 50.0 Å². The number of fused-ring (bicyclic) bond motifs is 10. The van der Waals surface area contributed by atoms with Gasteiger partial charge in [0.05, 0.1) is 11.4 Å². The predicted molar refractivity (Wildman–Crippen MR) is 367 cm³/mol. The van der Waals surface area contributed by atoms with E-state index in [1.165, 1.54) is 141 Å². The van der Waals surface area contributed by atoms with E-state index in [0.29, 0.717) is 0 Å². The van der Waals surface area contributed by atoms with Crippen molar-refractivity contribution in [2.75, 3.05) is 14.7 Å². The fraction of sp³-hybridized carbons (Fsp3) is 0.407. The van der Waals surface area contributed by atoms with Crippen LogP contribution in [0.5, 0.6) is 0 Å². The minimum absolute atomic E-state index is 0.00202. The van der Waals surface area contributed by atoms with Crippen LogP contribution >= 0.6 is 0 Å². The first-order chi connectivity index (χ1) is 39.8. The van der Waals surface area contributed by atoms with E-state index in [1.54, 1.807) is 0 Å². The van der Waals surface area contributed by atoms with Gasteiger partial charge in [-0.15, -0.1) is 0 Å². The molecule has 8 aromatic carbocycles. The molecule has 85 heavy (non-hydrogen) atoms. The Morgan fingerprint density at radius 2 is 0.835 bits per heavy atom. The van der Waals surface area contributed by atoms with Gasteiger partial charge in [-0.2, -0.15) is 0 Å². The Labute approximate surface area is 511 Å². The Morgan fingerprint density at radius 3 is 1.34 bits per heavy atom. The number of anilines is 9. The fourth-order valence-electron chi connectivity index (χ4n) is 17.2. The summed E-state index contributed by atoms with van der Waals surface area (Å²) in [5, 5.41) is 0. The first-order valence-corrected chi connectivity index (χ1v) is 32.3. The molecule has 0 N–H and O–H groups in total. The van der Waals surface area contributed by atoms with Crippen LogP contribution in [0.4, 0.5) is 51.2 Å². The van der Waals surface area contributed by atoms with Crippen LogP contribution in [0.1, 0.15) is 217 Å². The highest BCUT2D eigenvalue weighted by atomic mass is 15.2. The molecule has 0 saturated carbocycles. The van der Waals surface area contributed by atoms with E-state index in [1.807, 2.05) is 0 Å². The van der Waals surface area contributed by atoms with Crippen molar-refractivity contribution < 1.29 is 0 Å². The summed E-state index contributed by atoms with van der Waals surface area (Å²) in [5.74, 6) is 0. The maximum absolute atomic E-state index is 2.83. The van der Waals surface area contributed by atoms with E-state index in [4.69, 9.17) is 0 Å². The maximum atomic E-state index is 2.83. The molecule has 2 heterocycles. The number of aryl methyl sites for hydroxylation is 2. The molecule has 0 bridgehead atoms. The molecule has 8 aromatic rings. The molecule has 0 saturated heterocycles. The highest BCUT2D eigenvalue weighted by molar-refractivity contribution is 7.00. The molecular formula is C81H92BN3. The molecule has 0 atom stereocenters. The van der Waals surface area contributed by atoms with Gasteiger partial charge in [0, 0.05) is 45.2 Å². The Hall–Kier alpha value is -6.78. The summed E-state index contributed by atoms with van der Waals surface area (Å²) >= 11 is 0. The largest absolute Gasteiger partial charge is 0.311 e. The second kappa shape index (κ2) is 18.2. The fourth-order valence-corrected chi connectivity index (χ4v) is 17.2. The lowest BCUT2D eigenvalue weighted by atomic mass is 9.32. The zero-order chi connectivity index (χ0) is 60.2.